The summed E-state index contributed by atoms with van der Waals surface area (Å²) in [6, 6.07) is 23.0. The lowest BCUT2D eigenvalue weighted by Crippen LogP contribution is -2.41. The Hall–Kier alpha value is -3.93. The lowest BCUT2D eigenvalue weighted by atomic mass is 9.84. The van der Waals surface area contributed by atoms with Crippen molar-refractivity contribution in [3.8, 4) is 22.3 Å². The molecule has 1 amide bonds. The monoisotopic (exact) mass is 527 g/mol. The zero-order valence-corrected chi connectivity index (χ0v) is 22.3. The van der Waals surface area contributed by atoms with Gasteiger partial charge in [0.2, 0.25) is 5.91 Å². The van der Waals surface area contributed by atoms with E-state index in [4.69, 9.17) is 5.11 Å². The van der Waals surface area contributed by atoms with Crippen LogP contribution in [0.15, 0.2) is 66.7 Å². The molecule has 0 radical (unpaired) electrons. The molecule has 3 aromatic rings. The molecule has 4 rings (SSSR count). The number of carbonyl (C=O) groups is 3. The molecule has 0 saturated heterocycles. The van der Waals surface area contributed by atoms with Crippen molar-refractivity contribution in [2.45, 2.75) is 76.7 Å². The van der Waals surface area contributed by atoms with Gasteiger partial charge in [0, 0.05) is 12.8 Å². The standard InChI is InChI=1S/C33H37NO5/c35-31(34-30(33(38)39)18-19-32(36)37)17-6-1-3-10-23-11-9-16-27(20-23)29-22-26-15-8-7-14-25(26)21-28(29)24-12-4-2-5-13-24/h2,4-5,9,11-13,16,20-22,30H,1,3,6-8,10,14-15,17-19H2,(H,34,35)(H,36,37)(H,38,39)/t30-/m0/s1. The zero-order valence-electron chi connectivity index (χ0n) is 22.3. The van der Waals surface area contributed by atoms with Gasteiger partial charge in [0.15, 0.2) is 0 Å². The second-order valence-corrected chi connectivity index (χ2v) is 10.4. The van der Waals surface area contributed by atoms with Gasteiger partial charge in [-0.25, -0.2) is 4.79 Å². The first-order valence-electron chi connectivity index (χ1n) is 13.9. The summed E-state index contributed by atoms with van der Waals surface area (Å²) >= 11 is 0. The van der Waals surface area contributed by atoms with Crippen molar-refractivity contribution in [2.24, 2.45) is 0 Å². The van der Waals surface area contributed by atoms with E-state index in [0.29, 0.717) is 6.42 Å². The Kier molecular flexibility index (Phi) is 9.90. The Morgan fingerprint density at radius 2 is 1.41 bits per heavy atom. The number of hydrogen-bond acceptors (Lipinski definition) is 3. The largest absolute Gasteiger partial charge is 0.481 e. The van der Waals surface area contributed by atoms with Gasteiger partial charge in [-0.3, -0.25) is 9.59 Å². The van der Waals surface area contributed by atoms with Crippen LogP contribution in [0.1, 0.15) is 68.1 Å². The maximum Gasteiger partial charge on any atom is 0.326 e. The third-order valence-corrected chi connectivity index (χ3v) is 7.45. The SMILES string of the molecule is O=C(O)CC[C@H](NC(=O)CCCCCc1cccc(-c2cc3c(cc2-c2ccccc2)CCCC3)c1)C(=O)O. The highest BCUT2D eigenvalue weighted by Crippen LogP contribution is 2.37. The van der Waals surface area contributed by atoms with E-state index < -0.39 is 18.0 Å². The smallest absolute Gasteiger partial charge is 0.326 e. The second kappa shape index (κ2) is 13.7. The van der Waals surface area contributed by atoms with E-state index in [2.05, 4.69) is 72.0 Å². The van der Waals surface area contributed by atoms with Gasteiger partial charge >= 0.3 is 11.9 Å². The first-order valence-corrected chi connectivity index (χ1v) is 13.9. The Morgan fingerprint density at radius 3 is 2.08 bits per heavy atom. The number of unbranched alkanes of at least 4 members (excludes halogenated alkanes) is 2. The van der Waals surface area contributed by atoms with Gasteiger partial charge in [0.05, 0.1) is 0 Å². The van der Waals surface area contributed by atoms with Gasteiger partial charge in [0.1, 0.15) is 6.04 Å². The minimum atomic E-state index is -1.21. The molecule has 0 heterocycles. The zero-order chi connectivity index (χ0) is 27.6. The number of carboxylic acids is 2. The quantitative estimate of drug-likeness (QED) is 0.222. The highest BCUT2D eigenvalue weighted by Gasteiger charge is 2.20. The molecule has 1 aliphatic carbocycles. The van der Waals surface area contributed by atoms with Gasteiger partial charge in [-0.1, -0.05) is 73.2 Å². The normalized spacial score (nSPS) is 13.3. The molecular weight excluding hydrogens is 490 g/mol. The maximum atomic E-state index is 12.2. The number of amides is 1. The average Bonchev–Trinajstić information content (AvgIpc) is 2.94. The molecule has 3 aromatic carbocycles. The summed E-state index contributed by atoms with van der Waals surface area (Å²) < 4.78 is 0. The highest BCUT2D eigenvalue weighted by molar-refractivity contribution is 5.85. The fourth-order valence-electron chi connectivity index (χ4n) is 5.36. The van der Waals surface area contributed by atoms with Crippen molar-refractivity contribution in [1.29, 1.82) is 0 Å². The predicted molar refractivity (Wildman–Crippen MR) is 153 cm³/mol. The van der Waals surface area contributed by atoms with E-state index in [1.807, 2.05) is 0 Å². The lowest BCUT2D eigenvalue weighted by Gasteiger charge is -2.21. The molecule has 0 aromatic heterocycles. The number of carboxylic acid groups (broad SMARTS) is 2. The van der Waals surface area contributed by atoms with Crippen LogP contribution in [0.4, 0.5) is 0 Å². The number of rotatable bonds is 13. The molecule has 0 fully saturated rings. The van der Waals surface area contributed by atoms with Crippen LogP contribution in [0.3, 0.4) is 0 Å². The molecule has 39 heavy (non-hydrogen) atoms. The second-order valence-electron chi connectivity index (χ2n) is 10.4. The number of nitrogens with one attached hydrogen (secondary N) is 1. The van der Waals surface area contributed by atoms with E-state index in [9.17, 15) is 19.5 Å². The van der Waals surface area contributed by atoms with Gasteiger partial charge in [-0.2, -0.15) is 0 Å². The predicted octanol–water partition coefficient (Wildman–Crippen LogP) is 6.44. The number of aryl methyl sites for hydroxylation is 3. The Bertz CT molecular complexity index is 1300. The molecular formula is C33H37NO5. The molecule has 1 aliphatic rings. The first kappa shape index (κ1) is 28.1. The van der Waals surface area contributed by atoms with Crippen molar-refractivity contribution >= 4 is 17.8 Å². The van der Waals surface area contributed by atoms with Crippen LogP contribution in [0.25, 0.3) is 22.3 Å². The van der Waals surface area contributed by atoms with Crippen molar-refractivity contribution in [3.63, 3.8) is 0 Å². The van der Waals surface area contributed by atoms with Crippen LogP contribution in [-0.2, 0) is 33.6 Å². The molecule has 1 atom stereocenters. The van der Waals surface area contributed by atoms with Crippen LogP contribution in [0, 0.1) is 0 Å². The molecule has 0 saturated carbocycles. The van der Waals surface area contributed by atoms with Gasteiger partial charge in [0.25, 0.3) is 0 Å². The number of benzene rings is 3. The minimum absolute atomic E-state index is 0.122. The molecule has 6 heteroatoms. The number of fused-ring (bicyclic) bond motifs is 1. The fraction of sp³-hybridized carbons (Fsp3) is 0.364. The topological polar surface area (TPSA) is 104 Å². The minimum Gasteiger partial charge on any atom is -0.481 e. The van der Waals surface area contributed by atoms with Crippen LogP contribution in [0.2, 0.25) is 0 Å². The van der Waals surface area contributed by atoms with E-state index in [1.165, 1.54) is 51.8 Å². The Labute approximate surface area is 230 Å². The highest BCUT2D eigenvalue weighted by atomic mass is 16.4. The third-order valence-electron chi connectivity index (χ3n) is 7.45. The van der Waals surface area contributed by atoms with Crippen molar-refractivity contribution in [3.05, 3.63) is 83.4 Å². The molecule has 204 valence electrons. The Balaban J connectivity index is 1.36. The van der Waals surface area contributed by atoms with Crippen molar-refractivity contribution in [2.75, 3.05) is 0 Å². The summed E-state index contributed by atoms with van der Waals surface area (Å²) in [5.74, 6) is -2.64. The molecule has 0 bridgehead atoms. The Morgan fingerprint density at radius 1 is 0.744 bits per heavy atom. The first-order chi connectivity index (χ1) is 18.9. The number of hydrogen-bond donors (Lipinski definition) is 3. The number of carbonyl (C=O) groups excluding carboxylic acids is 1. The van der Waals surface area contributed by atoms with Crippen molar-refractivity contribution < 1.29 is 24.6 Å². The number of aliphatic carboxylic acids is 2. The van der Waals surface area contributed by atoms with E-state index in [1.54, 1.807) is 0 Å². The average molecular weight is 528 g/mol. The molecule has 0 spiro atoms. The molecule has 6 nitrogen and oxygen atoms in total. The summed E-state index contributed by atoms with van der Waals surface area (Å²) in [6.07, 6.45) is 7.91. The summed E-state index contributed by atoms with van der Waals surface area (Å²) in [7, 11) is 0. The van der Waals surface area contributed by atoms with Gasteiger partial charge in [-0.05, 0) is 90.3 Å². The third kappa shape index (κ3) is 8.03. The van der Waals surface area contributed by atoms with Crippen LogP contribution < -0.4 is 5.32 Å². The van der Waals surface area contributed by atoms with Crippen molar-refractivity contribution in [1.82, 2.24) is 5.32 Å². The van der Waals surface area contributed by atoms with Gasteiger partial charge < -0.3 is 15.5 Å². The fourth-order valence-corrected chi connectivity index (χ4v) is 5.36. The van der Waals surface area contributed by atoms with E-state index >= 15 is 0 Å². The molecule has 3 N–H and O–H groups in total. The summed E-state index contributed by atoms with van der Waals surface area (Å²) in [4.78, 5) is 34.1. The van der Waals surface area contributed by atoms with Gasteiger partial charge in [-0.15, -0.1) is 0 Å². The van der Waals surface area contributed by atoms with Crippen LogP contribution >= 0.6 is 0 Å². The molecule has 0 unspecified atom stereocenters. The molecule has 0 aliphatic heterocycles. The van der Waals surface area contributed by atoms with E-state index in [0.717, 1.165) is 32.1 Å². The summed E-state index contributed by atoms with van der Waals surface area (Å²) in [5.41, 5.74) is 9.21. The van der Waals surface area contributed by atoms with E-state index in [-0.39, 0.29) is 25.2 Å². The lowest BCUT2D eigenvalue weighted by molar-refractivity contribution is -0.143. The van der Waals surface area contributed by atoms with Crippen LogP contribution in [0.5, 0.6) is 0 Å². The summed E-state index contributed by atoms with van der Waals surface area (Å²) in [6.45, 7) is 0. The summed E-state index contributed by atoms with van der Waals surface area (Å²) in [5, 5.41) is 20.4. The van der Waals surface area contributed by atoms with Crippen LogP contribution in [-0.4, -0.2) is 34.1 Å². The maximum absolute atomic E-state index is 12.2.